The minimum atomic E-state index is 0.594. The zero-order valence-electron chi connectivity index (χ0n) is 9.97. The van der Waals surface area contributed by atoms with Gasteiger partial charge in [-0.15, -0.1) is 0 Å². The van der Waals surface area contributed by atoms with Gasteiger partial charge in [-0.3, -0.25) is 0 Å². The molecule has 0 N–H and O–H groups in total. The number of benzene rings is 1. The van der Waals surface area contributed by atoms with Gasteiger partial charge in [-0.05, 0) is 25.8 Å². The highest BCUT2D eigenvalue weighted by molar-refractivity contribution is 6.49. The SMILES string of the molecule is CCCC(C#N)=C(Cl)c1cc(C)cc(C)c1. The highest BCUT2D eigenvalue weighted by Gasteiger charge is 2.07. The van der Waals surface area contributed by atoms with Crippen LogP contribution < -0.4 is 0 Å². The monoisotopic (exact) mass is 233 g/mol. The van der Waals surface area contributed by atoms with E-state index in [0.717, 1.165) is 18.4 Å². The Balaban J connectivity index is 3.22. The van der Waals surface area contributed by atoms with Crippen molar-refractivity contribution in [2.75, 3.05) is 0 Å². The Morgan fingerprint density at radius 2 is 1.81 bits per heavy atom. The zero-order chi connectivity index (χ0) is 12.1. The minimum Gasteiger partial charge on any atom is -0.193 e. The lowest BCUT2D eigenvalue weighted by Crippen LogP contribution is -1.88. The summed E-state index contributed by atoms with van der Waals surface area (Å²) in [6.07, 6.45) is 1.67. The van der Waals surface area contributed by atoms with Gasteiger partial charge in [0, 0.05) is 5.57 Å². The molecule has 0 bridgehead atoms. The second-order valence-corrected chi connectivity index (χ2v) is 4.41. The van der Waals surface area contributed by atoms with Crippen molar-refractivity contribution < 1.29 is 0 Å². The Kier molecular flexibility index (Phi) is 4.58. The smallest absolute Gasteiger partial charge is 0.0962 e. The van der Waals surface area contributed by atoms with Crippen molar-refractivity contribution in [3.63, 3.8) is 0 Å². The molecule has 0 aliphatic heterocycles. The van der Waals surface area contributed by atoms with Crippen molar-refractivity contribution in [2.45, 2.75) is 33.6 Å². The lowest BCUT2D eigenvalue weighted by atomic mass is 10.0. The Hall–Kier alpha value is -1.26. The Bertz CT molecular complexity index is 432. The van der Waals surface area contributed by atoms with Crippen LogP contribution in [0, 0.1) is 25.2 Å². The Morgan fingerprint density at radius 1 is 1.25 bits per heavy atom. The predicted octanol–water partition coefficient (Wildman–Crippen LogP) is 4.58. The van der Waals surface area contributed by atoms with Crippen LogP contribution in [0.4, 0.5) is 0 Å². The molecular weight excluding hydrogens is 218 g/mol. The van der Waals surface area contributed by atoms with E-state index in [1.54, 1.807) is 0 Å². The molecule has 0 aliphatic rings. The van der Waals surface area contributed by atoms with E-state index < -0.39 is 0 Å². The summed E-state index contributed by atoms with van der Waals surface area (Å²) in [5, 5.41) is 9.63. The number of hydrogen-bond acceptors (Lipinski definition) is 1. The molecule has 1 aromatic rings. The van der Waals surface area contributed by atoms with Crippen LogP contribution in [-0.2, 0) is 0 Å². The molecule has 0 unspecified atom stereocenters. The summed E-state index contributed by atoms with van der Waals surface area (Å²) in [6.45, 7) is 6.11. The lowest BCUT2D eigenvalue weighted by molar-refractivity contribution is 0.933. The molecule has 0 aliphatic carbocycles. The third kappa shape index (κ3) is 3.12. The summed E-state index contributed by atoms with van der Waals surface area (Å²) in [5.41, 5.74) is 3.96. The zero-order valence-corrected chi connectivity index (χ0v) is 10.7. The molecule has 0 saturated carbocycles. The van der Waals surface area contributed by atoms with Crippen molar-refractivity contribution >= 4 is 16.6 Å². The van der Waals surface area contributed by atoms with E-state index in [-0.39, 0.29) is 0 Å². The highest BCUT2D eigenvalue weighted by atomic mass is 35.5. The first-order chi connectivity index (χ1) is 7.58. The van der Waals surface area contributed by atoms with Crippen molar-refractivity contribution in [3.05, 3.63) is 40.5 Å². The molecule has 0 saturated heterocycles. The van der Waals surface area contributed by atoms with Crippen LogP contribution in [0.25, 0.3) is 5.03 Å². The normalized spacial score (nSPS) is 11.9. The quantitative estimate of drug-likeness (QED) is 0.702. The number of hydrogen-bond donors (Lipinski definition) is 0. The number of allylic oxidation sites excluding steroid dienone is 1. The van der Waals surface area contributed by atoms with Gasteiger partial charge in [-0.25, -0.2) is 0 Å². The fourth-order valence-electron chi connectivity index (χ4n) is 1.74. The Morgan fingerprint density at radius 3 is 2.25 bits per heavy atom. The molecule has 0 heterocycles. The molecular formula is C14H16ClN. The fraction of sp³-hybridized carbons (Fsp3) is 0.357. The molecule has 0 radical (unpaired) electrons. The molecule has 1 nitrogen and oxygen atoms in total. The van der Waals surface area contributed by atoms with Gasteiger partial charge in [0.25, 0.3) is 0 Å². The maximum atomic E-state index is 9.04. The first-order valence-electron chi connectivity index (χ1n) is 5.46. The van der Waals surface area contributed by atoms with Crippen LogP contribution in [0.1, 0.15) is 36.5 Å². The van der Waals surface area contributed by atoms with Crippen molar-refractivity contribution in [1.82, 2.24) is 0 Å². The fourth-order valence-corrected chi connectivity index (χ4v) is 1.99. The van der Waals surface area contributed by atoms with E-state index in [1.165, 1.54) is 11.1 Å². The number of halogens is 1. The van der Waals surface area contributed by atoms with Crippen LogP contribution in [-0.4, -0.2) is 0 Å². The molecule has 0 atom stereocenters. The predicted molar refractivity (Wildman–Crippen MR) is 69.2 cm³/mol. The van der Waals surface area contributed by atoms with Gasteiger partial charge < -0.3 is 0 Å². The Labute approximate surface area is 102 Å². The van der Waals surface area contributed by atoms with Gasteiger partial charge in [-0.2, -0.15) is 5.26 Å². The average Bonchev–Trinajstić information content (AvgIpc) is 2.23. The first kappa shape index (κ1) is 12.8. The van der Waals surface area contributed by atoms with Crippen LogP contribution in [0.2, 0.25) is 0 Å². The highest BCUT2D eigenvalue weighted by Crippen LogP contribution is 2.27. The summed E-state index contributed by atoms with van der Waals surface area (Å²) < 4.78 is 0. The summed E-state index contributed by atoms with van der Waals surface area (Å²) in [7, 11) is 0. The number of rotatable bonds is 3. The van der Waals surface area contributed by atoms with Crippen LogP contribution in [0.5, 0.6) is 0 Å². The van der Waals surface area contributed by atoms with Crippen molar-refractivity contribution in [2.24, 2.45) is 0 Å². The van der Waals surface area contributed by atoms with Gasteiger partial charge in [0.05, 0.1) is 11.1 Å². The number of aryl methyl sites for hydroxylation is 2. The van der Waals surface area contributed by atoms with Gasteiger partial charge in [0.15, 0.2) is 0 Å². The second kappa shape index (κ2) is 5.72. The summed E-state index contributed by atoms with van der Waals surface area (Å²) in [6, 6.07) is 8.32. The molecule has 0 spiro atoms. The third-order valence-corrected chi connectivity index (χ3v) is 2.82. The van der Waals surface area contributed by atoms with Crippen molar-refractivity contribution in [3.8, 4) is 6.07 Å². The third-order valence-electron chi connectivity index (χ3n) is 2.38. The molecule has 0 fully saturated rings. The van der Waals surface area contributed by atoms with Gasteiger partial charge in [0.2, 0.25) is 0 Å². The van der Waals surface area contributed by atoms with Crippen LogP contribution >= 0.6 is 11.6 Å². The van der Waals surface area contributed by atoms with Crippen molar-refractivity contribution in [1.29, 1.82) is 5.26 Å². The van der Waals surface area contributed by atoms with E-state index in [0.29, 0.717) is 10.6 Å². The van der Waals surface area contributed by atoms with Crippen LogP contribution in [0.15, 0.2) is 23.8 Å². The molecule has 1 aromatic carbocycles. The number of nitriles is 1. The van der Waals surface area contributed by atoms with Gasteiger partial charge >= 0.3 is 0 Å². The van der Waals surface area contributed by atoms with E-state index in [1.807, 2.05) is 32.9 Å². The molecule has 0 aromatic heterocycles. The minimum absolute atomic E-state index is 0.594. The van der Waals surface area contributed by atoms with Crippen LogP contribution in [0.3, 0.4) is 0 Å². The second-order valence-electron chi connectivity index (χ2n) is 4.03. The largest absolute Gasteiger partial charge is 0.193 e. The summed E-state index contributed by atoms with van der Waals surface area (Å²) >= 11 is 6.25. The van der Waals surface area contributed by atoms with E-state index in [2.05, 4.69) is 12.1 Å². The topological polar surface area (TPSA) is 23.8 Å². The lowest BCUT2D eigenvalue weighted by Gasteiger charge is -2.06. The summed E-state index contributed by atoms with van der Waals surface area (Å²) in [4.78, 5) is 0. The standard InChI is InChI=1S/C14H16ClN/c1-4-5-12(9-16)14(15)13-7-10(2)6-11(3)8-13/h6-8H,4-5H2,1-3H3. The molecule has 16 heavy (non-hydrogen) atoms. The molecule has 1 rings (SSSR count). The molecule has 84 valence electrons. The average molecular weight is 234 g/mol. The van der Waals surface area contributed by atoms with E-state index in [4.69, 9.17) is 16.9 Å². The summed E-state index contributed by atoms with van der Waals surface area (Å²) in [5.74, 6) is 0. The van der Waals surface area contributed by atoms with Gasteiger partial charge in [-0.1, -0.05) is 54.3 Å². The maximum absolute atomic E-state index is 9.04. The van der Waals surface area contributed by atoms with E-state index in [9.17, 15) is 0 Å². The molecule has 2 heteroatoms. The molecule has 0 amide bonds. The van der Waals surface area contributed by atoms with Gasteiger partial charge in [0.1, 0.15) is 0 Å². The number of nitrogens with zero attached hydrogens (tertiary/aromatic N) is 1. The maximum Gasteiger partial charge on any atom is 0.0962 e. The van der Waals surface area contributed by atoms with E-state index >= 15 is 0 Å². The first-order valence-corrected chi connectivity index (χ1v) is 5.83.